The number of nitrogens with one attached hydrogen (secondary N) is 3. The molecular formula is C53H88N4O11. The molecule has 0 aliphatic carbocycles. The van der Waals surface area contributed by atoms with Crippen LogP contribution < -0.4 is 21.7 Å². The number of hydrogen-bond acceptors (Lipinski definition) is 9. The maximum Gasteiger partial charge on any atom is 0.326 e. The molecule has 0 saturated carbocycles. The van der Waals surface area contributed by atoms with Crippen molar-refractivity contribution in [3.63, 3.8) is 0 Å². The minimum Gasteiger partial charge on any atom is -0.508 e. The number of unbranched alkanes of at least 4 members (excludes halogenated alkanes) is 18. The van der Waals surface area contributed by atoms with Crippen LogP contribution >= 0.6 is 0 Å². The van der Waals surface area contributed by atoms with Crippen molar-refractivity contribution in [2.75, 3.05) is 13.1 Å². The molecular weight excluding hydrogens is 869 g/mol. The molecule has 0 heterocycles. The molecule has 0 fully saturated rings. The Hall–Kier alpha value is -4.82. The number of nitrogens with two attached hydrogens (primary N) is 1. The fourth-order valence-electron chi connectivity index (χ4n) is 8.36. The zero-order valence-electron chi connectivity index (χ0n) is 41.6. The Morgan fingerprint density at radius 1 is 0.515 bits per heavy atom. The van der Waals surface area contributed by atoms with Crippen molar-refractivity contribution in [2.24, 2.45) is 23.5 Å². The van der Waals surface area contributed by atoms with E-state index in [1.54, 1.807) is 12.1 Å². The van der Waals surface area contributed by atoms with E-state index in [0.29, 0.717) is 70.9 Å². The Morgan fingerprint density at radius 3 is 1.46 bits per heavy atom. The number of phenolic OH excluding ortho intramolecular Hbond substituents is 1. The molecule has 3 atom stereocenters. The highest BCUT2D eigenvalue weighted by atomic mass is 16.4. The minimum absolute atomic E-state index is 0.00230. The average molecular weight is 957 g/mol. The molecule has 68 heavy (non-hydrogen) atoms. The van der Waals surface area contributed by atoms with Crippen LogP contribution in [0.2, 0.25) is 0 Å². The maximum atomic E-state index is 13.4. The maximum absolute atomic E-state index is 13.4. The first-order chi connectivity index (χ1) is 32.6. The molecule has 15 heteroatoms. The monoisotopic (exact) mass is 957 g/mol. The lowest BCUT2D eigenvalue weighted by Crippen LogP contribution is -2.41. The lowest BCUT2D eigenvalue weighted by molar-refractivity contribution is -0.142. The van der Waals surface area contributed by atoms with Gasteiger partial charge in [0.25, 0.3) is 0 Å². The molecule has 1 rings (SSSR count). The van der Waals surface area contributed by atoms with E-state index in [4.69, 9.17) is 10.8 Å². The fourth-order valence-corrected chi connectivity index (χ4v) is 8.36. The molecule has 0 unspecified atom stereocenters. The van der Waals surface area contributed by atoms with E-state index in [9.17, 15) is 48.6 Å². The third kappa shape index (κ3) is 34.5. The average Bonchev–Trinajstić information content (AvgIpc) is 3.27. The molecule has 0 bridgehead atoms. The number of Topliss-reactive ketones (excluding diaryl/α,β-unsaturated/α-hetero) is 2. The number of phenols is 1. The lowest BCUT2D eigenvalue weighted by Gasteiger charge is -2.19. The van der Waals surface area contributed by atoms with Crippen LogP contribution in [-0.2, 0) is 44.8 Å². The second kappa shape index (κ2) is 39.1. The summed E-state index contributed by atoms with van der Waals surface area (Å²) in [5, 5.41) is 36.1. The van der Waals surface area contributed by atoms with Gasteiger partial charge in [-0.05, 0) is 75.0 Å². The number of aliphatic carboxylic acids is 2. The first kappa shape index (κ1) is 61.2. The van der Waals surface area contributed by atoms with Gasteiger partial charge in [0, 0.05) is 69.9 Å². The number of hydrogen-bond donors (Lipinski definition) is 7. The van der Waals surface area contributed by atoms with E-state index < -0.39 is 35.7 Å². The standard InChI is InChI=1S/C53H88N4O11/c1-40(2)36-45(59)38-42(47(60)39-43(52(54)66)37-41-28-30-44(58)31-29-41)24-21-23-35-55-48(61)25-19-17-22-34-56-49(62)33-32-46(53(67)68)57-50(63)26-18-15-13-11-9-7-5-3-4-6-8-10-12-14-16-20-27-51(64)65/h28-31,40,42-43,46,58H,3-27,32-39H2,1-2H3,(H2,54,66)(H,55,61)(H,56,62)(H,57,63)(H,64,65)(H,67,68)/t42-,43-,46+/m1/s1. The SMILES string of the molecule is CC(C)CC(=O)C[C@@H](CCCCNC(=O)CCCCCNC(=O)CC[C@H](NC(=O)CCCCCCCCCCCCCCCCCCC(=O)O)C(=O)O)C(=O)C[C@@H](Cc1ccc(O)cc1)C(N)=O. The number of amides is 4. The van der Waals surface area contributed by atoms with E-state index in [0.717, 1.165) is 44.1 Å². The second-order valence-electron chi connectivity index (χ2n) is 19.2. The van der Waals surface area contributed by atoms with Crippen LogP contribution in [0.1, 0.15) is 212 Å². The van der Waals surface area contributed by atoms with Crippen molar-refractivity contribution in [2.45, 2.75) is 219 Å². The normalized spacial score (nSPS) is 12.5. The summed E-state index contributed by atoms with van der Waals surface area (Å²) in [6.45, 7) is 4.70. The van der Waals surface area contributed by atoms with Gasteiger partial charge in [0.2, 0.25) is 23.6 Å². The summed E-state index contributed by atoms with van der Waals surface area (Å²) < 4.78 is 0. The number of benzene rings is 1. The second-order valence-corrected chi connectivity index (χ2v) is 19.2. The number of primary amides is 1. The molecule has 4 amide bonds. The topological polar surface area (TPSA) is 259 Å². The van der Waals surface area contributed by atoms with Crippen molar-refractivity contribution >= 4 is 47.1 Å². The van der Waals surface area contributed by atoms with Crippen molar-refractivity contribution in [1.29, 1.82) is 0 Å². The molecule has 386 valence electrons. The van der Waals surface area contributed by atoms with Gasteiger partial charge in [0.1, 0.15) is 23.4 Å². The summed E-state index contributed by atoms with van der Waals surface area (Å²) in [7, 11) is 0. The van der Waals surface area contributed by atoms with Crippen LogP contribution in [0, 0.1) is 17.8 Å². The third-order valence-corrected chi connectivity index (χ3v) is 12.4. The van der Waals surface area contributed by atoms with Crippen LogP contribution in [0.25, 0.3) is 0 Å². The fraction of sp³-hybridized carbons (Fsp3) is 0.736. The highest BCUT2D eigenvalue weighted by Crippen LogP contribution is 2.24. The predicted octanol–water partition coefficient (Wildman–Crippen LogP) is 9.04. The number of carboxylic acid groups (broad SMARTS) is 2. The Labute approximate surface area is 406 Å². The predicted molar refractivity (Wildman–Crippen MR) is 265 cm³/mol. The zero-order valence-corrected chi connectivity index (χ0v) is 41.6. The smallest absolute Gasteiger partial charge is 0.326 e. The molecule has 0 aromatic heterocycles. The van der Waals surface area contributed by atoms with Gasteiger partial charge in [0.15, 0.2) is 0 Å². The first-order valence-electron chi connectivity index (χ1n) is 26.0. The van der Waals surface area contributed by atoms with E-state index in [2.05, 4.69) is 16.0 Å². The van der Waals surface area contributed by atoms with Gasteiger partial charge in [0.05, 0.1) is 0 Å². The number of aromatic hydroxyl groups is 1. The van der Waals surface area contributed by atoms with E-state index in [1.165, 1.54) is 69.9 Å². The molecule has 0 radical (unpaired) electrons. The van der Waals surface area contributed by atoms with Crippen LogP contribution in [-0.4, -0.2) is 81.6 Å². The molecule has 8 N–H and O–H groups in total. The van der Waals surface area contributed by atoms with Gasteiger partial charge in [-0.3, -0.25) is 33.6 Å². The first-order valence-corrected chi connectivity index (χ1v) is 26.0. The summed E-state index contributed by atoms with van der Waals surface area (Å²) in [4.78, 5) is 98.0. The summed E-state index contributed by atoms with van der Waals surface area (Å²) in [6.07, 6.45) is 22.9. The highest BCUT2D eigenvalue weighted by Gasteiger charge is 2.27. The number of carboxylic acids is 2. The zero-order chi connectivity index (χ0) is 50.4. The lowest BCUT2D eigenvalue weighted by atomic mass is 9.84. The van der Waals surface area contributed by atoms with Crippen LogP contribution in [0.15, 0.2) is 24.3 Å². The summed E-state index contributed by atoms with van der Waals surface area (Å²) in [5.74, 6) is -4.40. The van der Waals surface area contributed by atoms with Crippen molar-refractivity contribution in [1.82, 2.24) is 16.0 Å². The van der Waals surface area contributed by atoms with Crippen molar-refractivity contribution in [3.05, 3.63) is 29.8 Å². The number of carbonyl (C=O) groups excluding carboxylic acids is 6. The van der Waals surface area contributed by atoms with Crippen molar-refractivity contribution < 1.29 is 53.7 Å². The Balaban J connectivity index is 2.17. The molecule has 0 saturated heterocycles. The molecule has 0 aliphatic heterocycles. The van der Waals surface area contributed by atoms with E-state index in [-0.39, 0.29) is 85.9 Å². The van der Waals surface area contributed by atoms with Gasteiger partial charge < -0.3 is 37.0 Å². The highest BCUT2D eigenvalue weighted by molar-refractivity contribution is 5.91. The number of ketones is 2. The molecule has 1 aromatic rings. The van der Waals surface area contributed by atoms with Crippen molar-refractivity contribution in [3.8, 4) is 5.75 Å². The molecule has 0 aliphatic rings. The number of carbonyl (C=O) groups is 8. The van der Waals surface area contributed by atoms with Gasteiger partial charge in [-0.25, -0.2) is 4.79 Å². The summed E-state index contributed by atoms with van der Waals surface area (Å²) in [5.41, 5.74) is 6.42. The molecule has 1 aromatic carbocycles. The van der Waals surface area contributed by atoms with Crippen LogP contribution in [0.3, 0.4) is 0 Å². The summed E-state index contributed by atoms with van der Waals surface area (Å²) >= 11 is 0. The number of rotatable bonds is 45. The van der Waals surface area contributed by atoms with E-state index >= 15 is 0 Å². The van der Waals surface area contributed by atoms with Crippen LogP contribution in [0.5, 0.6) is 5.75 Å². The van der Waals surface area contributed by atoms with Gasteiger partial charge in [-0.2, -0.15) is 0 Å². The van der Waals surface area contributed by atoms with Gasteiger partial charge in [-0.15, -0.1) is 0 Å². The summed E-state index contributed by atoms with van der Waals surface area (Å²) in [6, 6.07) is 5.25. The van der Waals surface area contributed by atoms with E-state index in [1.807, 2.05) is 13.8 Å². The molecule has 0 spiro atoms. The Kier molecular flexibility index (Phi) is 35.2. The van der Waals surface area contributed by atoms with Gasteiger partial charge >= 0.3 is 11.9 Å². The third-order valence-electron chi connectivity index (χ3n) is 12.4. The quantitative estimate of drug-likeness (QED) is 0.0303. The molecule has 15 nitrogen and oxygen atoms in total. The van der Waals surface area contributed by atoms with Gasteiger partial charge in [-0.1, -0.05) is 129 Å². The van der Waals surface area contributed by atoms with Crippen LogP contribution in [0.4, 0.5) is 0 Å². The Morgan fingerprint density at radius 2 is 0.971 bits per heavy atom. The minimum atomic E-state index is -1.17. The Bertz CT molecular complexity index is 1620. The largest absolute Gasteiger partial charge is 0.508 e.